The Hall–Kier alpha value is -3.02. The highest BCUT2D eigenvalue weighted by Crippen LogP contribution is 2.24. The van der Waals surface area contributed by atoms with Gasteiger partial charge in [-0.2, -0.15) is 0 Å². The van der Waals surface area contributed by atoms with E-state index in [1.54, 1.807) is 18.3 Å². The maximum absolute atomic E-state index is 11.1. The van der Waals surface area contributed by atoms with Gasteiger partial charge in [-0.15, -0.1) is 0 Å². The zero-order chi connectivity index (χ0) is 21.8. The molecule has 2 aromatic carbocycles. The maximum atomic E-state index is 11.1. The SMILES string of the molecule is C[C@@H]1CN(Cc2ccc(C(=O)O)cc2)C[C@H](C)N1Cc1cccc(-c2cccnc2)c1. The summed E-state index contributed by atoms with van der Waals surface area (Å²) in [6.07, 6.45) is 3.71. The molecular weight excluding hydrogens is 386 g/mol. The first-order valence-corrected chi connectivity index (χ1v) is 10.8. The van der Waals surface area contributed by atoms with Gasteiger partial charge in [0.25, 0.3) is 0 Å². The highest BCUT2D eigenvalue weighted by atomic mass is 16.4. The van der Waals surface area contributed by atoms with E-state index in [2.05, 4.69) is 59.0 Å². The molecule has 2 heterocycles. The van der Waals surface area contributed by atoms with Crippen LogP contribution in [0.15, 0.2) is 73.1 Å². The van der Waals surface area contributed by atoms with Gasteiger partial charge in [0.1, 0.15) is 0 Å². The zero-order valence-corrected chi connectivity index (χ0v) is 18.1. The van der Waals surface area contributed by atoms with Crippen LogP contribution in [0.1, 0.15) is 35.3 Å². The predicted molar refractivity (Wildman–Crippen MR) is 123 cm³/mol. The molecule has 2 atom stereocenters. The van der Waals surface area contributed by atoms with Crippen LogP contribution in [0.5, 0.6) is 0 Å². The lowest BCUT2D eigenvalue weighted by molar-refractivity contribution is 0.0290. The van der Waals surface area contributed by atoms with Gasteiger partial charge in [-0.3, -0.25) is 14.8 Å². The highest BCUT2D eigenvalue weighted by Gasteiger charge is 2.29. The molecule has 1 N–H and O–H groups in total. The summed E-state index contributed by atoms with van der Waals surface area (Å²) in [5, 5.41) is 9.08. The van der Waals surface area contributed by atoms with Crippen LogP contribution in [0.25, 0.3) is 11.1 Å². The molecule has 4 rings (SSSR count). The van der Waals surface area contributed by atoms with E-state index in [1.807, 2.05) is 24.4 Å². The van der Waals surface area contributed by atoms with E-state index >= 15 is 0 Å². The molecule has 1 aliphatic heterocycles. The molecule has 31 heavy (non-hydrogen) atoms. The first kappa shape index (κ1) is 21.2. The summed E-state index contributed by atoms with van der Waals surface area (Å²) in [6, 6.07) is 20.9. The molecule has 1 aliphatic rings. The Kier molecular flexibility index (Phi) is 6.44. The Bertz CT molecular complexity index is 1010. The Labute approximate surface area is 184 Å². The van der Waals surface area contributed by atoms with Gasteiger partial charge in [0.2, 0.25) is 0 Å². The maximum Gasteiger partial charge on any atom is 0.335 e. The van der Waals surface area contributed by atoms with Crippen LogP contribution in [0, 0.1) is 0 Å². The summed E-state index contributed by atoms with van der Waals surface area (Å²) in [5.74, 6) is -0.880. The Morgan fingerprint density at radius 3 is 2.29 bits per heavy atom. The van der Waals surface area contributed by atoms with Crippen LogP contribution in [-0.4, -0.2) is 51.0 Å². The minimum atomic E-state index is -0.880. The number of carbonyl (C=O) groups is 1. The van der Waals surface area contributed by atoms with E-state index in [9.17, 15) is 4.79 Å². The predicted octanol–water partition coefficient (Wildman–Crippen LogP) is 4.54. The van der Waals surface area contributed by atoms with E-state index in [4.69, 9.17) is 5.11 Å². The molecule has 0 bridgehead atoms. The van der Waals surface area contributed by atoms with E-state index < -0.39 is 5.97 Å². The van der Waals surface area contributed by atoms with Crippen molar-refractivity contribution in [3.63, 3.8) is 0 Å². The molecular formula is C26H29N3O2. The van der Waals surface area contributed by atoms with E-state index in [0.717, 1.165) is 37.3 Å². The first-order valence-electron chi connectivity index (χ1n) is 10.8. The van der Waals surface area contributed by atoms with Gasteiger partial charge in [-0.05, 0) is 60.4 Å². The van der Waals surface area contributed by atoms with Crippen LogP contribution in [0.2, 0.25) is 0 Å². The molecule has 0 amide bonds. The second-order valence-electron chi connectivity index (χ2n) is 8.51. The molecule has 0 radical (unpaired) electrons. The summed E-state index contributed by atoms with van der Waals surface area (Å²) >= 11 is 0. The van der Waals surface area contributed by atoms with Crippen molar-refractivity contribution in [1.29, 1.82) is 0 Å². The smallest absolute Gasteiger partial charge is 0.335 e. The molecule has 0 saturated carbocycles. The van der Waals surface area contributed by atoms with Crippen molar-refractivity contribution in [2.45, 2.75) is 39.0 Å². The number of aromatic carboxylic acids is 1. The average molecular weight is 416 g/mol. The van der Waals surface area contributed by atoms with Crippen molar-refractivity contribution in [3.05, 3.63) is 89.7 Å². The van der Waals surface area contributed by atoms with Crippen molar-refractivity contribution in [3.8, 4) is 11.1 Å². The lowest BCUT2D eigenvalue weighted by Crippen LogP contribution is -2.55. The summed E-state index contributed by atoms with van der Waals surface area (Å²) in [5.41, 5.74) is 5.15. The van der Waals surface area contributed by atoms with E-state index in [-0.39, 0.29) is 0 Å². The van der Waals surface area contributed by atoms with Gasteiger partial charge in [-0.25, -0.2) is 4.79 Å². The number of aromatic nitrogens is 1. The summed E-state index contributed by atoms with van der Waals surface area (Å²) in [4.78, 5) is 20.3. The van der Waals surface area contributed by atoms with Crippen molar-refractivity contribution in [1.82, 2.24) is 14.8 Å². The van der Waals surface area contributed by atoms with Gasteiger partial charge in [0, 0.05) is 50.7 Å². The normalized spacial score (nSPS) is 19.9. The van der Waals surface area contributed by atoms with Crippen molar-refractivity contribution in [2.75, 3.05) is 13.1 Å². The summed E-state index contributed by atoms with van der Waals surface area (Å²) < 4.78 is 0. The third-order valence-electron chi connectivity index (χ3n) is 6.07. The second-order valence-corrected chi connectivity index (χ2v) is 8.51. The third kappa shape index (κ3) is 5.19. The molecule has 1 fully saturated rings. The van der Waals surface area contributed by atoms with Gasteiger partial charge < -0.3 is 5.11 Å². The van der Waals surface area contributed by atoms with Gasteiger partial charge >= 0.3 is 5.97 Å². The number of piperazine rings is 1. The Balaban J connectivity index is 1.40. The Morgan fingerprint density at radius 2 is 1.65 bits per heavy atom. The first-order chi connectivity index (χ1) is 15.0. The van der Waals surface area contributed by atoms with Crippen LogP contribution in [-0.2, 0) is 13.1 Å². The van der Waals surface area contributed by atoms with Crippen LogP contribution in [0.3, 0.4) is 0 Å². The fraction of sp³-hybridized carbons (Fsp3) is 0.308. The van der Waals surface area contributed by atoms with Crippen LogP contribution < -0.4 is 0 Å². The van der Waals surface area contributed by atoms with Crippen LogP contribution >= 0.6 is 0 Å². The average Bonchev–Trinajstić information content (AvgIpc) is 2.77. The molecule has 1 saturated heterocycles. The third-order valence-corrected chi connectivity index (χ3v) is 6.07. The number of pyridine rings is 1. The van der Waals surface area contributed by atoms with Crippen molar-refractivity contribution in [2.24, 2.45) is 0 Å². The van der Waals surface area contributed by atoms with Crippen molar-refractivity contribution < 1.29 is 9.90 Å². The number of rotatable bonds is 6. The number of nitrogens with zero attached hydrogens (tertiary/aromatic N) is 3. The number of hydrogen-bond donors (Lipinski definition) is 1. The van der Waals surface area contributed by atoms with Gasteiger partial charge in [0.15, 0.2) is 0 Å². The number of hydrogen-bond acceptors (Lipinski definition) is 4. The standard InChI is InChI=1S/C26H29N3O2/c1-19-15-28(17-21-8-10-23(11-9-21)26(30)31)16-20(2)29(19)18-22-5-3-6-24(13-22)25-7-4-12-27-14-25/h3-14,19-20H,15-18H2,1-2H3,(H,30,31)/t19-,20+. The van der Waals surface area contributed by atoms with Gasteiger partial charge in [0.05, 0.1) is 5.56 Å². The molecule has 3 aromatic rings. The second kappa shape index (κ2) is 9.41. The molecule has 0 aliphatic carbocycles. The molecule has 5 nitrogen and oxygen atoms in total. The van der Waals surface area contributed by atoms with Crippen molar-refractivity contribution >= 4 is 5.97 Å². The van der Waals surface area contributed by atoms with E-state index in [0.29, 0.717) is 17.6 Å². The molecule has 160 valence electrons. The molecule has 0 spiro atoms. The minimum absolute atomic E-state index is 0.337. The fourth-order valence-electron chi connectivity index (χ4n) is 4.51. The van der Waals surface area contributed by atoms with E-state index in [1.165, 1.54) is 11.1 Å². The molecule has 0 unspecified atom stereocenters. The zero-order valence-electron chi connectivity index (χ0n) is 18.1. The fourth-order valence-corrected chi connectivity index (χ4v) is 4.51. The Morgan fingerprint density at radius 1 is 0.935 bits per heavy atom. The largest absolute Gasteiger partial charge is 0.478 e. The number of benzene rings is 2. The van der Waals surface area contributed by atoms with Gasteiger partial charge in [-0.1, -0.05) is 36.4 Å². The lowest BCUT2D eigenvalue weighted by atomic mass is 10.0. The molecule has 1 aromatic heterocycles. The highest BCUT2D eigenvalue weighted by molar-refractivity contribution is 5.87. The van der Waals surface area contributed by atoms with Crippen LogP contribution in [0.4, 0.5) is 0 Å². The lowest BCUT2D eigenvalue weighted by Gasteiger charge is -2.44. The number of carboxylic acids is 1. The topological polar surface area (TPSA) is 56.7 Å². The summed E-state index contributed by atoms with van der Waals surface area (Å²) in [6.45, 7) is 8.35. The number of carboxylic acid groups (broad SMARTS) is 1. The summed E-state index contributed by atoms with van der Waals surface area (Å²) in [7, 11) is 0. The quantitative estimate of drug-likeness (QED) is 0.640. The minimum Gasteiger partial charge on any atom is -0.478 e. The monoisotopic (exact) mass is 415 g/mol. The molecule has 5 heteroatoms.